The number of nitrogens with zero attached hydrogens (tertiary/aromatic N) is 2. The van der Waals surface area contributed by atoms with Crippen molar-refractivity contribution in [2.24, 2.45) is 11.1 Å². The zero-order valence-electron chi connectivity index (χ0n) is 11.9. The Kier molecular flexibility index (Phi) is 3.56. The predicted molar refractivity (Wildman–Crippen MR) is 71.7 cm³/mol. The number of nitrogens with one attached hydrogen (secondary N) is 1. The van der Waals surface area contributed by atoms with Crippen molar-refractivity contribution >= 4 is 11.9 Å². The second-order valence-electron chi connectivity index (χ2n) is 6.20. The van der Waals surface area contributed by atoms with Crippen molar-refractivity contribution in [3.05, 3.63) is 17.7 Å². The van der Waals surface area contributed by atoms with Crippen molar-refractivity contribution < 1.29 is 14.7 Å². The maximum atomic E-state index is 12.5. The number of amides is 1. The number of aliphatic carboxylic acids is 1. The summed E-state index contributed by atoms with van der Waals surface area (Å²) in [5, 5.41) is 9.33. The molecule has 0 fully saturated rings. The molecular formula is C13H20N4O3. The Morgan fingerprint density at radius 1 is 1.55 bits per heavy atom. The summed E-state index contributed by atoms with van der Waals surface area (Å²) in [5.74, 6) is -1.38. The first-order chi connectivity index (χ1) is 9.21. The van der Waals surface area contributed by atoms with Crippen LogP contribution in [0.5, 0.6) is 0 Å². The molecular weight excluding hydrogens is 260 g/mol. The van der Waals surface area contributed by atoms with Crippen LogP contribution in [0.3, 0.4) is 0 Å². The first-order valence-electron chi connectivity index (χ1n) is 6.52. The summed E-state index contributed by atoms with van der Waals surface area (Å²) in [6.45, 7) is 5.78. The Morgan fingerprint density at radius 3 is 2.75 bits per heavy atom. The molecule has 2 heterocycles. The number of nitrogens with two attached hydrogens (primary N) is 1. The van der Waals surface area contributed by atoms with E-state index in [1.807, 2.05) is 20.8 Å². The van der Waals surface area contributed by atoms with E-state index in [1.165, 1.54) is 11.2 Å². The van der Waals surface area contributed by atoms with Gasteiger partial charge >= 0.3 is 5.97 Å². The van der Waals surface area contributed by atoms with Crippen molar-refractivity contribution in [2.75, 3.05) is 0 Å². The molecule has 0 aliphatic carbocycles. The zero-order valence-corrected chi connectivity index (χ0v) is 11.9. The lowest BCUT2D eigenvalue weighted by molar-refractivity contribution is -0.153. The summed E-state index contributed by atoms with van der Waals surface area (Å²) in [6.07, 6.45) is 1.72. The molecule has 0 radical (unpaired) electrons. The van der Waals surface area contributed by atoms with E-state index < -0.39 is 23.5 Å². The van der Waals surface area contributed by atoms with Gasteiger partial charge in [-0.25, -0.2) is 9.78 Å². The van der Waals surface area contributed by atoms with Crippen LogP contribution in [0.4, 0.5) is 0 Å². The van der Waals surface area contributed by atoms with Crippen LogP contribution in [0.2, 0.25) is 0 Å². The number of H-pyrrole nitrogens is 1. The maximum Gasteiger partial charge on any atom is 0.326 e. The van der Waals surface area contributed by atoms with E-state index in [2.05, 4.69) is 9.97 Å². The molecule has 0 bridgehead atoms. The van der Waals surface area contributed by atoms with Gasteiger partial charge in [-0.15, -0.1) is 0 Å². The highest BCUT2D eigenvalue weighted by molar-refractivity contribution is 5.88. The second kappa shape index (κ2) is 4.90. The van der Waals surface area contributed by atoms with Gasteiger partial charge in [-0.2, -0.15) is 0 Å². The molecule has 0 spiro atoms. The number of carboxylic acids is 1. The van der Waals surface area contributed by atoms with E-state index in [0.29, 0.717) is 5.69 Å². The minimum Gasteiger partial charge on any atom is -0.480 e. The summed E-state index contributed by atoms with van der Waals surface area (Å²) in [4.78, 5) is 32.3. The van der Waals surface area contributed by atoms with Crippen LogP contribution in [0.25, 0.3) is 0 Å². The number of imidazole rings is 1. The van der Waals surface area contributed by atoms with Gasteiger partial charge in [0.05, 0.1) is 30.3 Å². The Labute approximate surface area is 117 Å². The lowest BCUT2D eigenvalue weighted by Crippen LogP contribution is -2.57. The van der Waals surface area contributed by atoms with Crippen molar-refractivity contribution in [3.63, 3.8) is 0 Å². The molecule has 20 heavy (non-hydrogen) atoms. The van der Waals surface area contributed by atoms with Gasteiger partial charge in [0.1, 0.15) is 6.04 Å². The number of hydrogen-bond acceptors (Lipinski definition) is 4. The predicted octanol–water partition coefficient (Wildman–Crippen LogP) is 0.121. The quantitative estimate of drug-likeness (QED) is 0.712. The molecule has 1 aliphatic heterocycles. The van der Waals surface area contributed by atoms with Crippen molar-refractivity contribution in [1.82, 2.24) is 14.9 Å². The fraction of sp³-hybridized carbons (Fsp3) is 0.615. The molecule has 1 aromatic rings. The largest absolute Gasteiger partial charge is 0.480 e. The molecule has 1 aromatic heterocycles. The molecule has 4 N–H and O–H groups in total. The van der Waals surface area contributed by atoms with Gasteiger partial charge < -0.3 is 20.7 Å². The number of hydrogen-bond donors (Lipinski definition) is 3. The van der Waals surface area contributed by atoms with Gasteiger partial charge in [-0.1, -0.05) is 20.8 Å². The minimum absolute atomic E-state index is 0.203. The SMILES string of the molecule is CC(C)(C)[C@@H](N)C(=O)N1Cc2[nH]cnc2CC1C(=O)O. The molecule has 7 nitrogen and oxygen atoms in total. The monoisotopic (exact) mass is 280 g/mol. The van der Waals surface area contributed by atoms with Crippen LogP contribution in [-0.4, -0.2) is 43.9 Å². The van der Waals surface area contributed by atoms with Gasteiger partial charge in [0.15, 0.2) is 0 Å². The summed E-state index contributed by atoms with van der Waals surface area (Å²) in [7, 11) is 0. The molecule has 0 saturated carbocycles. The Balaban J connectivity index is 2.29. The fourth-order valence-electron chi connectivity index (χ4n) is 2.24. The number of carbonyl (C=O) groups excluding carboxylic acids is 1. The van der Waals surface area contributed by atoms with E-state index in [0.717, 1.165) is 5.69 Å². The molecule has 1 amide bonds. The van der Waals surface area contributed by atoms with Gasteiger partial charge in [-0.3, -0.25) is 4.79 Å². The van der Waals surface area contributed by atoms with Crippen molar-refractivity contribution in [2.45, 2.75) is 45.8 Å². The Hall–Kier alpha value is -1.89. The van der Waals surface area contributed by atoms with E-state index >= 15 is 0 Å². The van der Waals surface area contributed by atoms with E-state index in [-0.39, 0.29) is 18.9 Å². The molecule has 0 aromatic carbocycles. The van der Waals surface area contributed by atoms with Crippen LogP contribution in [-0.2, 0) is 22.6 Å². The number of carbonyl (C=O) groups is 2. The molecule has 7 heteroatoms. The third-order valence-corrected chi connectivity index (χ3v) is 3.67. The Morgan fingerprint density at radius 2 is 2.20 bits per heavy atom. The highest BCUT2D eigenvalue weighted by Gasteiger charge is 2.40. The third-order valence-electron chi connectivity index (χ3n) is 3.67. The van der Waals surface area contributed by atoms with Gasteiger partial charge in [0.2, 0.25) is 5.91 Å². The average Bonchev–Trinajstić information content (AvgIpc) is 2.81. The van der Waals surface area contributed by atoms with Crippen LogP contribution >= 0.6 is 0 Å². The van der Waals surface area contributed by atoms with Crippen molar-refractivity contribution in [3.8, 4) is 0 Å². The lowest BCUT2D eigenvalue weighted by Gasteiger charge is -2.37. The summed E-state index contributed by atoms with van der Waals surface area (Å²) >= 11 is 0. The first kappa shape index (κ1) is 14.5. The highest BCUT2D eigenvalue weighted by atomic mass is 16.4. The van der Waals surface area contributed by atoms with E-state index in [9.17, 15) is 14.7 Å². The molecule has 0 saturated heterocycles. The molecule has 2 rings (SSSR count). The lowest BCUT2D eigenvalue weighted by atomic mass is 9.85. The average molecular weight is 280 g/mol. The fourth-order valence-corrected chi connectivity index (χ4v) is 2.24. The standard InChI is InChI=1S/C13H20N4O3/c1-13(2,3)10(14)11(18)17-5-8-7(15-6-16-8)4-9(17)12(19)20/h6,9-10H,4-5,14H2,1-3H3,(H,15,16)(H,19,20)/t9?,10-/m0/s1. The van der Waals surface area contributed by atoms with Gasteiger partial charge in [0, 0.05) is 6.42 Å². The summed E-state index contributed by atoms with van der Waals surface area (Å²) in [6, 6.07) is -1.65. The number of aromatic nitrogens is 2. The zero-order chi connectivity index (χ0) is 15.1. The van der Waals surface area contributed by atoms with Gasteiger partial charge in [0.25, 0.3) is 0 Å². The van der Waals surface area contributed by atoms with Crippen molar-refractivity contribution in [1.29, 1.82) is 0 Å². The normalized spacial score (nSPS) is 20.4. The molecule has 2 atom stereocenters. The Bertz CT molecular complexity index is 532. The molecule has 1 unspecified atom stereocenters. The smallest absolute Gasteiger partial charge is 0.326 e. The first-order valence-corrected chi connectivity index (χ1v) is 6.52. The number of carboxylic acid groups (broad SMARTS) is 1. The topological polar surface area (TPSA) is 112 Å². The molecule has 1 aliphatic rings. The summed E-state index contributed by atoms with van der Waals surface area (Å²) in [5.41, 5.74) is 7.03. The van der Waals surface area contributed by atoms with E-state index in [4.69, 9.17) is 5.73 Å². The number of aromatic amines is 1. The third kappa shape index (κ3) is 2.53. The minimum atomic E-state index is -1.03. The van der Waals surface area contributed by atoms with E-state index in [1.54, 1.807) is 0 Å². The second-order valence-corrected chi connectivity index (χ2v) is 6.20. The van der Waals surface area contributed by atoms with Crippen LogP contribution in [0.1, 0.15) is 32.2 Å². The van der Waals surface area contributed by atoms with Crippen LogP contribution in [0.15, 0.2) is 6.33 Å². The molecule has 110 valence electrons. The van der Waals surface area contributed by atoms with Gasteiger partial charge in [-0.05, 0) is 5.41 Å². The number of rotatable bonds is 2. The summed E-state index contributed by atoms with van der Waals surface area (Å²) < 4.78 is 0. The number of fused-ring (bicyclic) bond motifs is 1. The van der Waals surface area contributed by atoms with Crippen LogP contribution < -0.4 is 5.73 Å². The highest BCUT2D eigenvalue weighted by Crippen LogP contribution is 2.25. The van der Waals surface area contributed by atoms with Crippen LogP contribution in [0, 0.1) is 5.41 Å². The maximum absolute atomic E-state index is 12.5.